The van der Waals surface area contributed by atoms with Gasteiger partial charge in [0.1, 0.15) is 11.9 Å². The number of anilines is 1. The molecule has 0 aromatic carbocycles. The number of nitrogens with zero attached hydrogens (tertiary/aromatic N) is 3. The van der Waals surface area contributed by atoms with Crippen LogP contribution in [0.25, 0.3) is 0 Å². The van der Waals surface area contributed by atoms with Gasteiger partial charge in [0.15, 0.2) is 5.78 Å². The summed E-state index contributed by atoms with van der Waals surface area (Å²) in [5, 5.41) is 8.97. The second-order valence-corrected chi connectivity index (χ2v) is 5.43. The first-order chi connectivity index (χ1) is 8.32. The minimum atomic E-state index is -0.254. The number of nitriles is 1. The van der Waals surface area contributed by atoms with Crippen molar-refractivity contribution in [3.8, 4) is 6.07 Å². The predicted molar refractivity (Wildman–Crippen MR) is 66.1 cm³/mol. The van der Waals surface area contributed by atoms with Gasteiger partial charge >= 0.3 is 0 Å². The van der Waals surface area contributed by atoms with E-state index in [0.29, 0.717) is 11.4 Å². The van der Waals surface area contributed by atoms with Crippen molar-refractivity contribution in [2.24, 2.45) is 0 Å². The van der Waals surface area contributed by atoms with Crippen LogP contribution in [-0.2, 0) is 15.1 Å². The van der Waals surface area contributed by atoms with Gasteiger partial charge in [-0.2, -0.15) is 5.26 Å². The standard InChI is InChI=1S/C13H15N3O2/c1-13(2,3)16-7-9(6-14)4-11(16)15-8-10(17)5-12(15)18/h4,7H,5,8H2,1-3H3. The fourth-order valence-corrected chi connectivity index (χ4v) is 2.05. The normalized spacial score (nSPS) is 16.2. The highest BCUT2D eigenvalue weighted by Gasteiger charge is 2.32. The summed E-state index contributed by atoms with van der Waals surface area (Å²) in [5.41, 5.74) is 0.239. The van der Waals surface area contributed by atoms with E-state index in [1.807, 2.05) is 25.3 Å². The summed E-state index contributed by atoms with van der Waals surface area (Å²) in [6.07, 6.45) is 1.67. The largest absolute Gasteiger partial charge is 0.328 e. The third kappa shape index (κ3) is 2.02. The zero-order valence-electron chi connectivity index (χ0n) is 10.7. The molecule has 0 radical (unpaired) electrons. The van der Waals surface area contributed by atoms with Gasteiger partial charge in [-0.25, -0.2) is 0 Å². The molecule has 1 aromatic rings. The van der Waals surface area contributed by atoms with Gasteiger partial charge in [-0.05, 0) is 26.8 Å². The second-order valence-electron chi connectivity index (χ2n) is 5.43. The highest BCUT2D eigenvalue weighted by atomic mass is 16.2. The van der Waals surface area contributed by atoms with E-state index < -0.39 is 0 Å². The molecule has 5 nitrogen and oxygen atoms in total. The summed E-state index contributed by atoms with van der Waals surface area (Å²) in [7, 11) is 0. The van der Waals surface area contributed by atoms with Crippen LogP contribution >= 0.6 is 0 Å². The smallest absolute Gasteiger partial charge is 0.236 e. The van der Waals surface area contributed by atoms with Crippen LogP contribution in [0.4, 0.5) is 5.82 Å². The van der Waals surface area contributed by atoms with Gasteiger partial charge in [0.2, 0.25) is 5.91 Å². The number of Topliss-reactive ketones (excluding diaryl/α,β-unsaturated/α-hetero) is 1. The van der Waals surface area contributed by atoms with Crippen molar-refractivity contribution in [2.75, 3.05) is 11.4 Å². The van der Waals surface area contributed by atoms with Gasteiger partial charge in [0.05, 0.1) is 18.5 Å². The molecule has 1 saturated heterocycles. The number of hydrogen-bond donors (Lipinski definition) is 0. The van der Waals surface area contributed by atoms with Gasteiger partial charge in [-0.15, -0.1) is 0 Å². The molecule has 94 valence electrons. The van der Waals surface area contributed by atoms with Gasteiger partial charge in [0.25, 0.3) is 0 Å². The van der Waals surface area contributed by atoms with Crippen molar-refractivity contribution in [1.29, 1.82) is 5.26 Å². The first-order valence-electron chi connectivity index (χ1n) is 5.78. The van der Waals surface area contributed by atoms with Gasteiger partial charge in [0, 0.05) is 11.7 Å². The lowest BCUT2D eigenvalue weighted by molar-refractivity contribution is -0.121. The fraction of sp³-hybridized carbons (Fsp3) is 0.462. The van der Waals surface area contributed by atoms with Crippen LogP contribution in [0.1, 0.15) is 32.8 Å². The molecule has 1 fully saturated rings. The summed E-state index contributed by atoms with van der Waals surface area (Å²) in [5.74, 6) is 0.336. The number of carbonyl (C=O) groups is 2. The summed E-state index contributed by atoms with van der Waals surface area (Å²) in [4.78, 5) is 24.6. The molecule has 0 unspecified atom stereocenters. The SMILES string of the molecule is CC(C)(C)n1cc(C#N)cc1N1CC(=O)CC1=O. The van der Waals surface area contributed by atoms with Crippen LogP contribution < -0.4 is 4.90 Å². The molecule has 2 rings (SSSR count). The lowest BCUT2D eigenvalue weighted by Gasteiger charge is -2.27. The molecule has 1 aromatic heterocycles. The average Bonchev–Trinajstić information content (AvgIpc) is 2.80. The number of amides is 1. The molecule has 1 aliphatic rings. The Labute approximate surface area is 106 Å². The predicted octanol–water partition coefficient (Wildman–Crippen LogP) is 1.42. The molecule has 0 bridgehead atoms. The van der Waals surface area contributed by atoms with Crippen LogP contribution in [0, 0.1) is 11.3 Å². The van der Waals surface area contributed by atoms with E-state index in [-0.39, 0.29) is 30.2 Å². The number of rotatable bonds is 1. The Bertz CT molecular complexity index is 558. The van der Waals surface area contributed by atoms with E-state index in [9.17, 15) is 9.59 Å². The van der Waals surface area contributed by atoms with Gasteiger partial charge < -0.3 is 4.57 Å². The van der Waals surface area contributed by atoms with Crippen LogP contribution in [0.2, 0.25) is 0 Å². The topological polar surface area (TPSA) is 66.1 Å². The van der Waals surface area contributed by atoms with E-state index >= 15 is 0 Å². The third-order valence-corrected chi connectivity index (χ3v) is 2.91. The summed E-state index contributed by atoms with van der Waals surface area (Å²) >= 11 is 0. The molecule has 0 atom stereocenters. The first-order valence-corrected chi connectivity index (χ1v) is 5.78. The van der Waals surface area contributed by atoms with E-state index in [0.717, 1.165) is 0 Å². The summed E-state index contributed by atoms with van der Waals surface area (Å²) in [6.45, 7) is 6.06. The molecular formula is C13H15N3O2. The Morgan fingerprint density at radius 1 is 1.33 bits per heavy atom. The minimum Gasteiger partial charge on any atom is -0.328 e. The van der Waals surface area contributed by atoms with Crippen LogP contribution in [0.15, 0.2) is 12.3 Å². The van der Waals surface area contributed by atoms with Crippen molar-refractivity contribution in [1.82, 2.24) is 4.57 Å². The maximum absolute atomic E-state index is 11.8. The van der Waals surface area contributed by atoms with Crippen molar-refractivity contribution in [2.45, 2.75) is 32.7 Å². The zero-order chi connectivity index (χ0) is 13.5. The minimum absolute atomic E-state index is 0.0444. The Kier molecular flexibility index (Phi) is 2.74. The van der Waals surface area contributed by atoms with Crippen LogP contribution in [0.3, 0.4) is 0 Å². The number of ketones is 1. The molecule has 0 aliphatic carbocycles. The number of hydrogen-bond acceptors (Lipinski definition) is 3. The van der Waals surface area contributed by atoms with Crippen molar-refractivity contribution >= 4 is 17.5 Å². The Morgan fingerprint density at radius 2 is 2.00 bits per heavy atom. The zero-order valence-corrected chi connectivity index (χ0v) is 10.7. The first kappa shape index (κ1) is 12.4. The molecule has 18 heavy (non-hydrogen) atoms. The molecule has 0 spiro atoms. The van der Waals surface area contributed by atoms with Crippen molar-refractivity contribution in [3.63, 3.8) is 0 Å². The highest BCUT2D eigenvalue weighted by molar-refractivity contribution is 6.14. The monoisotopic (exact) mass is 245 g/mol. The second kappa shape index (κ2) is 3.98. The van der Waals surface area contributed by atoms with Crippen LogP contribution in [0.5, 0.6) is 0 Å². The average molecular weight is 245 g/mol. The lowest BCUT2D eigenvalue weighted by atomic mass is 10.1. The molecular weight excluding hydrogens is 230 g/mol. The van der Waals surface area contributed by atoms with Crippen molar-refractivity contribution < 1.29 is 9.59 Å². The molecule has 5 heteroatoms. The van der Waals surface area contributed by atoms with Gasteiger partial charge in [-0.3, -0.25) is 14.5 Å². The third-order valence-electron chi connectivity index (χ3n) is 2.91. The van der Waals surface area contributed by atoms with E-state index in [1.165, 1.54) is 4.90 Å². The Hall–Kier alpha value is -2.09. The quantitative estimate of drug-likeness (QED) is 0.703. The van der Waals surface area contributed by atoms with Gasteiger partial charge in [-0.1, -0.05) is 0 Å². The molecule has 0 N–H and O–H groups in total. The maximum Gasteiger partial charge on any atom is 0.236 e. The molecule has 2 heterocycles. The van der Waals surface area contributed by atoms with Crippen LogP contribution in [-0.4, -0.2) is 22.8 Å². The Morgan fingerprint density at radius 3 is 2.44 bits per heavy atom. The Balaban J connectivity index is 2.51. The van der Waals surface area contributed by atoms with E-state index in [4.69, 9.17) is 5.26 Å². The summed E-state index contributed by atoms with van der Waals surface area (Å²) < 4.78 is 1.86. The molecule has 1 amide bonds. The molecule has 0 saturated carbocycles. The van der Waals surface area contributed by atoms with E-state index in [1.54, 1.807) is 12.3 Å². The highest BCUT2D eigenvalue weighted by Crippen LogP contribution is 2.29. The number of carbonyl (C=O) groups excluding carboxylic acids is 2. The maximum atomic E-state index is 11.8. The van der Waals surface area contributed by atoms with Crippen molar-refractivity contribution in [3.05, 3.63) is 17.8 Å². The fourth-order valence-electron chi connectivity index (χ4n) is 2.05. The van der Waals surface area contributed by atoms with E-state index in [2.05, 4.69) is 6.07 Å². The molecule has 1 aliphatic heterocycles. The summed E-state index contributed by atoms with van der Waals surface area (Å²) in [6, 6.07) is 3.72. The number of aromatic nitrogens is 1. The lowest BCUT2D eigenvalue weighted by Crippen LogP contribution is -2.31.